The lowest BCUT2D eigenvalue weighted by molar-refractivity contribution is -0.118. The molecular weight excluding hydrogens is 378 g/mol. The molecule has 0 bridgehead atoms. The van der Waals surface area contributed by atoms with Gasteiger partial charge in [-0.3, -0.25) is 4.79 Å². The molecule has 2 aromatic rings. The first-order valence-corrected chi connectivity index (χ1v) is 7.30. The van der Waals surface area contributed by atoms with E-state index in [1.165, 1.54) is 0 Å². The number of benzene rings is 1. The van der Waals surface area contributed by atoms with E-state index in [9.17, 15) is 4.79 Å². The Balaban J connectivity index is 1.93. The summed E-state index contributed by atoms with van der Waals surface area (Å²) >= 11 is 6.86. The molecule has 4 nitrogen and oxygen atoms in total. The quantitative estimate of drug-likeness (QED) is 0.797. The molecule has 1 aliphatic heterocycles. The van der Waals surface area contributed by atoms with E-state index in [-0.39, 0.29) is 17.3 Å². The molecule has 1 aromatic carbocycles. The van der Waals surface area contributed by atoms with Crippen LogP contribution in [0.3, 0.4) is 0 Å². The Labute approximate surface area is 126 Å². The highest BCUT2D eigenvalue weighted by molar-refractivity contribution is 9.10. The van der Waals surface area contributed by atoms with E-state index in [0.29, 0.717) is 16.1 Å². The van der Waals surface area contributed by atoms with Crippen LogP contribution in [0.25, 0.3) is 0 Å². The van der Waals surface area contributed by atoms with Crippen LogP contribution >= 0.6 is 31.9 Å². The number of hydrogen-bond acceptors (Lipinski definition) is 3. The second-order valence-corrected chi connectivity index (χ2v) is 5.79. The Bertz CT molecular complexity index is 639. The maximum atomic E-state index is 11.3. The lowest BCUT2D eigenvalue weighted by Crippen LogP contribution is -2.25. The van der Waals surface area contributed by atoms with E-state index in [0.717, 1.165) is 11.3 Å². The Morgan fingerprint density at radius 3 is 2.84 bits per heavy atom. The second-order valence-electron chi connectivity index (χ2n) is 4.10. The largest absolute Gasteiger partial charge is 0.482 e. The number of amides is 1. The van der Waals surface area contributed by atoms with Crippen LogP contribution in [-0.2, 0) is 4.79 Å². The summed E-state index contributed by atoms with van der Waals surface area (Å²) in [6, 6.07) is 9.38. The second kappa shape index (κ2) is 5.02. The fraction of sp³-hybridized carbons (Fsp3) is 0.154. The zero-order valence-electron chi connectivity index (χ0n) is 9.65. The van der Waals surface area contributed by atoms with Gasteiger partial charge in [0, 0.05) is 0 Å². The summed E-state index contributed by atoms with van der Waals surface area (Å²) in [4.78, 5) is 11.2. The summed E-state index contributed by atoms with van der Waals surface area (Å²) in [7, 11) is 0. The van der Waals surface area contributed by atoms with Crippen molar-refractivity contribution < 1.29 is 13.9 Å². The topological polar surface area (TPSA) is 51.5 Å². The van der Waals surface area contributed by atoms with Crippen molar-refractivity contribution in [3.63, 3.8) is 0 Å². The summed E-state index contributed by atoms with van der Waals surface area (Å²) in [6.07, 6.45) is 0. The molecule has 19 heavy (non-hydrogen) atoms. The van der Waals surface area contributed by atoms with Crippen LogP contribution in [0.15, 0.2) is 39.4 Å². The summed E-state index contributed by atoms with van der Waals surface area (Å²) in [6.45, 7) is 0.0647. The first-order valence-electron chi connectivity index (χ1n) is 5.59. The molecule has 1 amide bonds. The molecule has 1 aromatic heterocycles. The first kappa shape index (κ1) is 12.7. The van der Waals surface area contributed by atoms with E-state index < -0.39 is 0 Å². The van der Waals surface area contributed by atoms with Crippen molar-refractivity contribution >= 4 is 43.5 Å². The maximum absolute atomic E-state index is 11.3. The SMILES string of the molecule is O=C1COc2ccc(C(Br)c3ccc(Br)o3)cc2N1. The highest BCUT2D eigenvalue weighted by atomic mass is 79.9. The van der Waals surface area contributed by atoms with Gasteiger partial charge in [0.05, 0.1) is 10.5 Å². The van der Waals surface area contributed by atoms with Crippen molar-refractivity contribution in [2.45, 2.75) is 4.83 Å². The number of furan rings is 1. The molecule has 0 saturated heterocycles. The van der Waals surface area contributed by atoms with Crippen LogP contribution in [-0.4, -0.2) is 12.5 Å². The van der Waals surface area contributed by atoms with Gasteiger partial charge in [0.2, 0.25) is 0 Å². The number of halogens is 2. The third-order valence-electron chi connectivity index (χ3n) is 2.77. The van der Waals surface area contributed by atoms with Crippen molar-refractivity contribution in [3.8, 4) is 5.75 Å². The molecule has 98 valence electrons. The van der Waals surface area contributed by atoms with Crippen LogP contribution in [0.4, 0.5) is 5.69 Å². The van der Waals surface area contributed by atoms with Crippen molar-refractivity contribution in [2.75, 3.05) is 11.9 Å². The third-order valence-corrected chi connectivity index (χ3v) is 4.18. The molecular formula is C13H9Br2NO3. The van der Waals surface area contributed by atoms with Crippen LogP contribution in [0.5, 0.6) is 5.75 Å². The van der Waals surface area contributed by atoms with Crippen molar-refractivity contribution in [2.24, 2.45) is 0 Å². The van der Waals surface area contributed by atoms with Crippen molar-refractivity contribution in [3.05, 3.63) is 46.3 Å². The van der Waals surface area contributed by atoms with Gasteiger partial charge in [0.1, 0.15) is 11.5 Å². The summed E-state index contributed by atoms with van der Waals surface area (Å²) < 4.78 is 11.5. The number of hydrogen-bond donors (Lipinski definition) is 1. The minimum absolute atomic E-state index is 0.0647. The van der Waals surface area contributed by atoms with Crippen LogP contribution < -0.4 is 10.1 Å². The minimum atomic E-state index is -0.142. The molecule has 0 fully saturated rings. The summed E-state index contributed by atoms with van der Waals surface area (Å²) in [5.74, 6) is 1.33. The molecule has 2 heterocycles. The summed E-state index contributed by atoms with van der Waals surface area (Å²) in [5.41, 5.74) is 1.66. The molecule has 3 rings (SSSR count). The number of alkyl halides is 1. The molecule has 1 atom stereocenters. The van der Waals surface area contributed by atoms with Gasteiger partial charge in [0.15, 0.2) is 11.3 Å². The van der Waals surface area contributed by atoms with Gasteiger partial charge in [-0.1, -0.05) is 22.0 Å². The van der Waals surface area contributed by atoms with E-state index in [4.69, 9.17) is 9.15 Å². The number of anilines is 1. The molecule has 0 radical (unpaired) electrons. The lowest BCUT2D eigenvalue weighted by Gasteiger charge is -2.19. The lowest BCUT2D eigenvalue weighted by atomic mass is 10.1. The van der Waals surface area contributed by atoms with Crippen LogP contribution in [0.2, 0.25) is 0 Å². The highest BCUT2D eigenvalue weighted by Gasteiger charge is 2.20. The predicted octanol–water partition coefficient (Wildman–Crippen LogP) is 3.86. The van der Waals surface area contributed by atoms with Crippen molar-refractivity contribution in [1.82, 2.24) is 0 Å². The minimum Gasteiger partial charge on any atom is -0.482 e. The van der Waals surface area contributed by atoms with E-state index in [1.807, 2.05) is 30.3 Å². The maximum Gasteiger partial charge on any atom is 0.262 e. The Kier molecular flexibility index (Phi) is 3.36. The average molecular weight is 387 g/mol. The Morgan fingerprint density at radius 1 is 1.26 bits per heavy atom. The number of rotatable bonds is 2. The third kappa shape index (κ3) is 2.55. The number of carbonyl (C=O) groups excluding carboxylic acids is 1. The number of carbonyl (C=O) groups is 1. The fourth-order valence-electron chi connectivity index (χ4n) is 1.89. The zero-order chi connectivity index (χ0) is 13.4. The first-order chi connectivity index (χ1) is 9.13. The van der Waals surface area contributed by atoms with Gasteiger partial charge < -0.3 is 14.5 Å². The molecule has 6 heteroatoms. The zero-order valence-corrected chi connectivity index (χ0v) is 12.8. The summed E-state index contributed by atoms with van der Waals surface area (Å²) in [5, 5.41) is 2.79. The standard InChI is InChI=1S/C13H9Br2NO3/c14-11-4-3-10(19-11)13(15)7-1-2-9-8(5-7)16-12(17)6-18-9/h1-5,13H,6H2,(H,16,17). The molecule has 1 N–H and O–H groups in total. The molecule has 1 aliphatic rings. The Hall–Kier alpha value is -1.27. The monoisotopic (exact) mass is 385 g/mol. The van der Waals surface area contributed by atoms with E-state index in [2.05, 4.69) is 37.2 Å². The van der Waals surface area contributed by atoms with Crippen LogP contribution in [0, 0.1) is 0 Å². The molecule has 0 spiro atoms. The highest BCUT2D eigenvalue weighted by Crippen LogP contribution is 2.37. The van der Waals surface area contributed by atoms with Gasteiger partial charge in [-0.05, 0) is 45.8 Å². The van der Waals surface area contributed by atoms with Gasteiger partial charge in [-0.2, -0.15) is 0 Å². The fourth-order valence-corrected chi connectivity index (χ4v) is 2.74. The van der Waals surface area contributed by atoms with Gasteiger partial charge in [-0.15, -0.1) is 0 Å². The van der Waals surface area contributed by atoms with Gasteiger partial charge in [-0.25, -0.2) is 0 Å². The predicted molar refractivity (Wildman–Crippen MR) is 77.7 cm³/mol. The van der Waals surface area contributed by atoms with Gasteiger partial charge >= 0.3 is 0 Å². The normalized spacial score (nSPS) is 15.4. The molecule has 0 aliphatic carbocycles. The van der Waals surface area contributed by atoms with Gasteiger partial charge in [0.25, 0.3) is 5.91 Å². The number of fused-ring (bicyclic) bond motifs is 1. The molecule has 0 saturated carbocycles. The average Bonchev–Trinajstić information content (AvgIpc) is 2.83. The Morgan fingerprint density at radius 2 is 2.11 bits per heavy atom. The van der Waals surface area contributed by atoms with E-state index in [1.54, 1.807) is 0 Å². The number of nitrogens with one attached hydrogen (secondary N) is 1. The van der Waals surface area contributed by atoms with Crippen molar-refractivity contribution in [1.29, 1.82) is 0 Å². The number of ether oxygens (including phenoxy) is 1. The molecule has 1 unspecified atom stereocenters. The van der Waals surface area contributed by atoms with E-state index >= 15 is 0 Å². The van der Waals surface area contributed by atoms with Crippen LogP contribution in [0.1, 0.15) is 16.2 Å². The smallest absolute Gasteiger partial charge is 0.262 e.